The van der Waals surface area contributed by atoms with Crippen molar-refractivity contribution in [1.82, 2.24) is 0 Å². The summed E-state index contributed by atoms with van der Waals surface area (Å²) in [4.78, 5) is 10.2. The van der Waals surface area contributed by atoms with Gasteiger partial charge in [0.1, 0.15) is 6.29 Å². The third-order valence-corrected chi connectivity index (χ3v) is 1.58. The highest BCUT2D eigenvalue weighted by atomic mass is 35.5. The van der Waals surface area contributed by atoms with Crippen LogP contribution in [-0.2, 0) is 0 Å². The largest absolute Gasteiger partial charge is 0.298 e. The number of hydrogen-bond acceptors (Lipinski definition) is 1. The molecule has 0 heterocycles. The molecule has 0 amide bonds. The molecule has 0 bridgehead atoms. The van der Waals surface area contributed by atoms with Crippen molar-refractivity contribution in [2.45, 2.75) is 5.63 Å². The summed E-state index contributed by atoms with van der Waals surface area (Å²) in [6.45, 7) is 0. The number of hydrogen-bond donors (Lipinski definition) is 0. The molecular weight excluding hydrogens is 167 g/mol. The SMILES string of the molecule is O=Cc1ccc(C(F)Cl)cc1. The van der Waals surface area contributed by atoms with Gasteiger partial charge in [0.25, 0.3) is 0 Å². The summed E-state index contributed by atoms with van der Waals surface area (Å²) in [5.41, 5.74) is -0.598. The lowest BCUT2D eigenvalue weighted by Crippen LogP contribution is -1.83. The molecule has 1 aromatic rings. The molecule has 1 rings (SSSR count). The average Bonchev–Trinajstić information content (AvgIpc) is 2.05. The van der Waals surface area contributed by atoms with Crippen LogP contribution >= 0.6 is 11.6 Å². The smallest absolute Gasteiger partial charge is 0.198 e. The molecule has 3 heteroatoms. The van der Waals surface area contributed by atoms with Gasteiger partial charge in [-0.3, -0.25) is 4.79 Å². The van der Waals surface area contributed by atoms with Crippen LogP contribution in [0, 0.1) is 0 Å². The third-order valence-electron chi connectivity index (χ3n) is 1.32. The van der Waals surface area contributed by atoms with Crippen molar-refractivity contribution >= 4 is 17.9 Å². The van der Waals surface area contributed by atoms with Gasteiger partial charge in [0.15, 0.2) is 5.63 Å². The second kappa shape index (κ2) is 3.49. The van der Waals surface area contributed by atoms with Crippen LogP contribution in [0.5, 0.6) is 0 Å². The van der Waals surface area contributed by atoms with Crippen LogP contribution in [0.3, 0.4) is 0 Å². The van der Waals surface area contributed by atoms with E-state index in [4.69, 9.17) is 11.6 Å². The third kappa shape index (κ3) is 2.02. The predicted octanol–water partition coefficient (Wildman–Crippen LogP) is 2.71. The van der Waals surface area contributed by atoms with Gasteiger partial charge >= 0.3 is 0 Å². The number of benzene rings is 1. The maximum absolute atomic E-state index is 12.3. The van der Waals surface area contributed by atoms with Crippen molar-refractivity contribution in [2.24, 2.45) is 0 Å². The molecule has 0 saturated carbocycles. The molecule has 0 radical (unpaired) electrons. The maximum atomic E-state index is 12.3. The second-order valence-electron chi connectivity index (χ2n) is 2.09. The first-order valence-electron chi connectivity index (χ1n) is 3.07. The average molecular weight is 173 g/mol. The van der Waals surface area contributed by atoms with Crippen LogP contribution in [-0.4, -0.2) is 6.29 Å². The minimum absolute atomic E-state index is 0.372. The van der Waals surface area contributed by atoms with E-state index in [-0.39, 0.29) is 0 Å². The van der Waals surface area contributed by atoms with E-state index in [1.807, 2.05) is 0 Å². The van der Waals surface area contributed by atoms with Crippen LogP contribution in [0.15, 0.2) is 24.3 Å². The molecule has 0 spiro atoms. The zero-order chi connectivity index (χ0) is 8.27. The maximum Gasteiger partial charge on any atom is 0.198 e. The Morgan fingerprint density at radius 1 is 1.36 bits per heavy atom. The van der Waals surface area contributed by atoms with Gasteiger partial charge in [0, 0.05) is 11.1 Å². The Morgan fingerprint density at radius 2 is 1.91 bits per heavy atom. The number of aldehydes is 1. The Kier molecular flexibility index (Phi) is 2.60. The number of alkyl halides is 2. The Balaban J connectivity index is 2.91. The zero-order valence-corrected chi connectivity index (χ0v) is 6.38. The Bertz CT molecular complexity index is 243. The van der Waals surface area contributed by atoms with Crippen molar-refractivity contribution in [3.05, 3.63) is 35.4 Å². The lowest BCUT2D eigenvalue weighted by atomic mass is 10.2. The van der Waals surface area contributed by atoms with Gasteiger partial charge in [-0.15, -0.1) is 0 Å². The molecule has 0 aliphatic rings. The molecule has 0 aliphatic heterocycles. The number of carbonyl (C=O) groups is 1. The Labute approximate surface area is 68.8 Å². The summed E-state index contributed by atoms with van der Waals surface area (Å²) >= 11 is 5.14. The molecule has 0 aliphatic carbocycles. The van der Waals surface area contributed by atoms with Gasteiger partial charge in [0.05, 0.1) is 0 Å². The van der Waals surface area contributed by atoms with Crippen molar-refractivity contribution in [2.75, 3.05) is 0 Å². The van der Waals surface area contributed by atoms with E-state index in [9.17, 15) is 9.18 Å². The van der Waals surface area contributed by atoms with E-state index >= 15 is 0 Å². The second-order valence-corrected chi connectivity index (χ2v) is 2.47. The summed E-state index contributed by atoms with van der Waals surface area (Å²) in [7, 11) is 0. The minimum Gasteiger partial charge on any atom is -0.298 e. The first kappa shape index (κ1) is 8.21. The number of carbonyl (C=O) groups excluding carboxylic acids is 1. The molecule has 0 saturated heterocycles. The first-order valence-corrected chi connectivity index (χ1v) is 3.51. The molecule has 0 N–H and O–H groups in total. The van der Waals surface area contributed by atoms with E-state index in [0.29, 0.717) is 17.4 Å². The summed E-state index contributed by atoms with van der Waals surface area (Å²) in [6.07, 6.45) is 0.700. The van der Waals surface area contributed by atoms with Gasteiger partial charge in [-0.05, 0) is 0 Å². The summed E-state index contributed by atoms with van der Waals surface area (Å²) in [6, 6.07) is 6.03. The van der Waals surface area contributed by atoms with Crippen LogP contribution in [0.4, 0.5) is 4.39 Å². The fourth-order valence-electron chi connectivity index (χ4n) is 0.720. The van der Waals surface area contributed by atoms with Gasteiger partial charge in [-0.1, -0.05) is 35.9 Å². The summed E-state index contributed by atoms with van der Waals surface area (Å²) < 4.78 is 12.3. The molecular formula is C8H6ClFO. The quantitative estimate of drug-likeness (QED) is 0.495. The number of halogens is 2. The summed E-state index contributed by atoms with van der Waals surface area (Å²) in [5, 5.41) is 0. The Hall–Kier alpha value is -0.890. The van der Waals surface area contributed by atoms with Crippen molar-refractivity contribution in [3.8, 4) is 0 Å². The van der Waals surface area contributed by atoms with Gasteiger partial charge in [-0.25, -0.2) is 4.39 Å². The van der Waals surface area contributed by atoms with E-state index < -0.39 is 5.63 Å². The highest BCUT2D eigenvalue weighted by molar-refractivity contribution is 6.19. The molecule has 11 heavy (non-hydrogen) atoms. The molecule has 1 atom stereocenters. The van der Waals surface area contributed by atoms with E-state index in [1.165, 1.54) is 24.3 Å². The topological polar surface area (TPSA) is 17.1 Å². The van der Waals surface area contributed by atoms with Crippen LogP contribution in [0.2, 0.25) is 0 Å². The van der Waals surface area contributed by atoms with Crippen LogP contribution in [0.25, 0.3) is 0 Å². The van der Waals surface area contributed by atoms with E-state index in [0.717, 1.165) is 0 Å². The first-order chi connectivity index (χ1) is 5.24. The predicted molar refractivity (Wildman–Crippen MR) is 41.5 cm³/mol. The lowest BCUT2D eigenvalue weighted by Gasteiger charge is -1.98. The van der Waals surface area contributed by atoms with Gasteiger partial charge in [-0.2, -0.15) is 0 Å². The fourth-order valence-corrected chi connectivity index (χ4v) is 0.866. The van der Waals surface area contributed by atoms with Crippen LogP contribution in [0.1, 0.15) is 21.6 Å². The normalized spacial score (nSPS) is 12.5. The van der Waals surface area contributed by atoms with E-state index in [2.05, 4.69) is 0 Å². The molecule has 1 nitrogen and oxygen atoms in total. The summed E-state index contributed by atoms with van der Waals surface area (Å²) in [5.74, 6) is 0. The minimum atomic E-state index is -1.49. The Morgan fingerprint density at radius 3 is 2.27 bits per heavy atom. The molecule has 0 fully saturated rings. The standard InChI is InChI=1S/C8H6ClFO/c9-8(10)7-3-1-6(5-11)2-4-7/h1-5,8H. The van der Waals surface area contributed by atoms with Crippen molar-refractivity contribution in [1.29, 1.82) is 0 Å². The van der Waals surface area contributed by atoms with Gasteiger partial charge in [0.2, 0.25) is 0 Å². The molecule has 0 aromatic heterocycles. The molecule has 1 aromatic carbocycles. The molecule has 1 unspecified atom stereocenters. The fraction of sp³-hybridized carbons (Fsp3) is 0.125. The highest BCUT2D eigenvalue weighted by Crippen LogP contribution is 2.20. The molecule has 58 valence electrons. The highest BCUT2D eigenvalue weighted by Gasteiger charge is 2.02. The lowest BCUT2D eigenvalue weighted by molar-refractivity contribution is 0.112. The van der Waals surface area contributed by atoms with E-state index in [1.54, 1.807) is 0 Å². The van der Waals surface area contributed by atoms with Crippen molar-refractivity contribution < 1.29 is 9.18 Å². The van der Waals surface area contributed by atoms with Crippen LogP contribution < -0.4 is 0 Å². The monoisotopic (exact) mass is 172 g/mol. The van der Waals surface area contributed by atoms with Crippen molar-refractivity contribution in [3.63, 3.8) is 0 Å². The zero-order valence-electron chi connectivity index (χ0n) is 5.63. The van der Waals surface area contributed by atoms with Gasteiger partial charge < -0.3 is 0 Å². The number of rotatable bonds is 2.